The molecule has 0 atom stereocenters. The average Bonchev–Trinajstić information content (AvgIpc) is 3.08. The van der Waals surface area contributed by atoms with Gasteiger partial charge >= 0.3 is 5.97 Å². The molecule has 0 N–H and O–H groups in total. The standard InChI is InChI=1S/C20H21N3O2S/c1-3-23-18(17-12-8-7-9-15(17)2)21-22-20(23)26-14-13-25-19(24)16-10-5-4-6-11-16/h4-12H,3,13-14H2,1-2H3. The van der Waals surface area contributed by atoms with Gasteiger partial charge in [0.05, 0.1) is 5.56 Å². The molecule has 0 unspecified atom stereocenters. The highest BCUT2D eigenvalue weighted by Crippen LogP contribution is 2.26. The molecule has 6 heteroatoms. The molecule has 0 amide bonds. The Morgan fingerprint density at radius 1 is 1.08 bits per heavy atom. The Balaban J connectivity index is 1.61. The first kappa shape index (κ1) is 18.2. The van der Waals surface area contributed by atoms with Crippen LogP contribution in [0.3, 0.4) is 0 Å². The van der Waals surface area contributed by atoms with E-state index in [9.17, 15) is 4.79 Å². The fourth-order valence-electron chi connectivity index (χ4n) is 2.63. The largest absolute Gasteiger partial charge is 0.461 e. The summed E-state index contributed by atoms with van der Waals surface area (Å²) in [6.45, 7) is 5.25. The van der Waals surface area contributed by atoms with Gasteiger partial charge in [-0.2, -0.15) is 0 Å². The van der Waals surface area contributed by atoms with E-state index in [1.165, 1.54) is 5.56 Å². The fraction of sp³-hybridized carbons (Fsp3) is 0.250. The van der Waals surface area contributed by atoms with Crippen LogP contribution in [-0.2, 0) is 11.3 Å². The van der Waals surface area contributed by atoms with Crippen LogP contribution >= 0.6 is 11.8 Å². The zero-order valence-corrected chi connectivity index (χ0v) is 15.7. The number of carbonyl (C=O) groups excluding carboxylic acids is 1. The van der Waals surface area contributed by atoms with Crippen LogP contribution in [0.5, 0.6) is 0 Å². The lowest BCUT2D eigenvalue weighted by molar-refractivity contribution is 0.0530. The van der Waals surface area contributed by atoms with Crippen molar-refractivity contribution in [3.05, 3.63) is 65.7 Å². The first-order chi connectivity index (χ1) is 12.7. The van der Waals surface area contributed by atoms with E-state index in [1.54, 1.807) is 23.9 Å². The number of benzene rings is 2. The van der Waals surface area contributed by atoms with Gasteiger partial charge in [-0.1, -0.05) is 54.2 Å². The van der Waals surface area contributed by atoms with Gasteiger partial charge in [0.2, 0.25) is 0 Å². The van der Waals surface area contributed by atoms with Gasteiger partial charge in [-0.05, 0) is 31.5 Å². The maximum Gasteiger partial charge on any atom is 0.338 e. The van der Waals surface area contributed by atoms with E-state index < -0.39 is 0 Å². The molecule has 1 aromatic heterocycles. The molecule has 5 nitrogen and oxygen atoms in total. The Morgan fingerprint density at radius 3 is 2.54 bits per heavy atom. The molecular formula is C20H21N3O2S. The van der Waals surface area contributed by atoms with E-state index in [1.807, 2.05) is 30.3 Å². The number of ether oxygens (including phenoxy) is 1. The Kier molecular flexibility index (Phi) is 6.07. The van der Waals surface area contributed by atoms with Crippen LogP contribution in [0, 0.1) is 6.92 Å². The third kappa shape index (κ3) is 4.14. The van der Waals surface area contributed by atoms with Crippen molar-refractivity contribution in [2.45, 2.75) is 25.5 Å². The molecule has 0 aliphatic carbocycles. The van der Waals surface area contributed by atoms with E-state index in [2.05, 4.69) is 40.7 Å². The van der Waals surface area contributed by atoms with Crippen molar-refractivity contribution >= 4 is 17.7 Å². The molecule has 1 heterocycles. The van der Waals surface area contributed by atoms with Crippen LogP contribution in [-0.4, -0.2) is 33.1 Å². The lowest BCUT2D eigenvalue weighted by Crippen LogP contribution is -2.08. The van der Waals surface area contributed by atoms with Crippen molar-refractivity contribution in [2.75, 3.05) is 12.4 Å². The SMILES string of the molecule is CCn1c(SCCOC(=O)c2ccccc2)nnc1-c1ccccc1C. The molecule has 3 rings (SSSR count). The Hall–Kier alpha value is -2.60. The minimum atomic E-state index is -0.302. The first-order valence-electron chi connectivity index (χ1n) is 8.55. The van der Waals surface area contributed by atoms with Gasteiger partial charge in [0.15, 0.2) is 11.0 Å². The number of hydrogen-bond donors (Lipinski definition) is 0. The van der Waals surface area contributed by atoms with E-state index in [0.29, 0.717) is 17.9 Å². The summed E-state index contributed by atoms with van der Waals surface area (Å²) in [4.78, 5) is 11.9. The number of hydrogen-bond acceptors (Lipinski definition) is 5. The van der Waals surface area contributed by atoms with Crippen LogP contribution in [0.1, 0.15) is 22.8 Å². The van der Waals surface area contributed by atoms with Gasteiger partial charge in [-0.25, -0.2) is 4.79 Å². The minimum absolute atomic E-state index is 0.302. The molecule has 0 fully saturated rings. The highest BCUT2D eigenvalue weighted by Gasteiger charge is 2.14. The summed E-state index contributed by atoms with van der Waals surface area (Å²) < 4.78 is 7.41. The quantitative estimate of drug-likeness (QED) is 0.355. The molecule has 3 aromatic rings. The number of aromatic nitrogens is 3. The maximum atomic E-state index is 11.9. The predicted octanol–water partition coefficient (Wildman–Crippen LogP) is 4.22. The summed E-state index contributed by atoms with van der Waals surface area (Å²) in [5.41, 5.74) is 2.82. The van der Waals surface area contributed by atoms with Crippen LogP contribution in [0.4, 0.5) is 0 Å². The van der Waals surface area contributed by atoms with Gasteiger partial charge in [0.1, 0.15) is 6.61 Å². The van der Waals surface area contributed by atoms with Crippen molar-refractivity contribution in [1.29, 1.82) is 0 Å². The van der Waals surface area contributed by atoms with Gasteiger partial charge < -0.3 is 9.30 Å². The molecule has 0 radical (unpaired) electrons. The number of aryl methyl sites for hydroxylation is 1. The molecule has 134 valence electrons. The smallest absolute Gasteiger partial charge is 0.338 e. The molecule has 0 aliphatic heterocycles. The highest BCUT2D eigenvalue weighted by atomic mass is 32.2. The molecule has 0 bridgehead atoms. The molecule has 0 saturated heterocycles. The summed E-state index contributed by atoms with van der Waals surface area (Å²) >= 11 is 1.54. The third-order valence-corrected chi connectivity index (χ3v) is 4.91. The summed E-state index contributed by atoms with van der Waals surface area (Å²) in [5.74, 6) is 1.20. The third-order valence-electron chi connectivity index (χ3n) is 3.98. The van der Waals surface area contributed by atoms with E-state index in [-0.39, 0.29) is 5.97 Å². The lowest BCUT2D eigenvalue weighted by atomic mass is 10.1. The van der Waals surface area contributed by atoms with Crippen molar-refractivity contribution < 1.29 is 9.53 Å². The molecule has 2 aromatic carbocycles. The Labute approximate surface area is 157 Å². The molecule has 0 aliphatic rings. The summed E-state index contributed by atoms with van der Waals surface area (Å²) in [6, 6.07) is 17.2. The fourth-order valence-corrected chi connectivity index (χ4v) is 3.45. The number of rotatable bonds is 7. The van der Waals surface area contributed by atoms with E-state index in [0.717, 1.165) is 23.1 Å². The van der Waals surface area contributed by atoms with Crippen molar-refractivity contribution in [3.63, 3.8) is 0 Å². The van der Waals surface area contributed by atoms with E-state index in [4.69, 9.17) is 4.74 Å². The van der Waals surface area contributed by atoms with Crippen LogP contribution < -0.4 is 0 Å². The predicted molar refractivity (Wildman–Crippen MR) is 103 cm³/mol. The van der Waals surface area contributed by atoms with Gasteiger partial charge in [0.25, 0.3) is 0 Å². The zero-order valence-electron chi connectivity index (χ0n) is 14.9. The van der Waals surface area contributed by atoms with Crippen LogP contribution in [0.2, 0.25) is 0 Å². The molecule has 0 spiro atoms. The zero-order chi connectivity index (χ0) is 18.4. The number of esters is 1. The van der Waals surface area contributed by atoms with Crippen molar-refractivity contribution in [3.8, 4) is 11.4 Å². The van der Waals surface area contributed by atoms with Gasteiger partial charge in [-0.15, -0.1) is 10.2 Å². The van der Waals surface area contributed by atoms with Crippen LogP contribution in [0.15, 0.2) is 59.8 Å². The summed E-state index contributed by atoms with van der Waals surface area (Å²) in [7, 11) is 0. The second-order valence-electron chi connectivity index (χ2n) is 5.72. The highest BCUT2D eigenvalue weighted by molar-refractivity contribution is 7.99. The van der Waals surface area contributed by atoms with Crippen LogP contribution in [0.25, 0.3) is 11.4 Å². The number of carbonyl (C=O) groups is 1. The van der Waals surface area contributed by atoms with E-state index >= 15 is 0 Å². The minimum Gasteiger partial charge on any atom is -0.461 e. The molecule has 26 heavy (non-hydrogen) atoms. The summed E-state index contributed by atoms with van der Waals surface area (Å²) in [5, 5.41) is 9.51. The van der Waals surface area contributed by atoms with Crippen molar-refractivity contribution in [1.82, 2.24) is 14.8 Å². The summed E-state index contributed by atoms with van der Waals surface area (Å²) in [6.07, 6.45) is 0. The maximum absolute atomic E-state index is 11.9. The normalized spacial score (nSPS) is 10.7. The topological polar surface area (TPSA) is 57.0 Å². The molecular weight excluding hydrogens is 346 g/mol. The van der Waals surface area contributed by atoms with Gasteiger partial charge in [0, 0.05) is 17.9 Å². The van der Waals surface area contributed by atoms with Gasteiger partial charge in [-0.3, -0.25) is 0 Å². The second-order valence-corrected chi connectivity index (χ2v) is 6.78. The Morgan fingerprint density at radius 2 is 1.81 bits per heavy atom. The first-order valence-corrected chi connectivity index (χ1v) is 9.53. The lowest BCUT2D eigenvalue weighted by Gasteiger charge is -2.09. The Bertz CT molecular complexity index is 878. The van der Waals surface area contributed by atoms with Crippen molar-refractivity contribution in [2.24, 2.45) is 0 Å². The average molecular weight is 367 g/mol. The second kappa shape index (κ2) is 8.67. The number of thioether (sulfide) groups is 1. The molecule has 0 saturated carbocycles. The number of nitrogens with zero attached hydrogens (tertiary/aromatic N) is 3. The monoisotopic (exact) mass is 367 g/mol.